The molecule has 5 nitrogen and oxygen atoms in total. The summed E-state index contributed by atoms with van der Waals surface area (Å²) in [7, 11) is 0. The van der Waals surface area contributed by atoms with Crippen molar-refractivity contribution >= 4 is 23.5 Å². The van der Waals surface area contributed by atoms with Gasteiger partial charge in [0.25, 0.3) is 5.91 Å². The van der Waals surface area contributed by atoms with Crippen molar-refractivity contribution in [2.24, 2.45) is 0 Å². The van der Waals surface area contributed by atoms with Gasteiger partial charge in [0.1, 0.15) is 0 Å². The molecule has 0 spiro atoms. The number of carboxylic acid groups (broad SMARTS) is 1. The minimum absolute atomic E-state index is 0.0181. The van der Waals surface area contributed by atoms with Gasteiger partial charge < -0.3 is 14.7 Å². The van der Waals surface area contributed by atoms with Gasteiger partial charge in [0.2, 0.25) is 0 Å². The SMILES string of the molecule is O=C(O)CCN(C(=O)c1cccc(Cl)c1)C1CCOCC1. The van der Waals surface area contributed by atoms with Crippen LogP contribution < -0.4 is 0 Å². The van der Waals surface area contributed by atoms with E-state index in [2.05, 4.69) is 0 Å². The van der Waals surface area contributed by atoms with Crippen LogP contribution in [0.15, 0.2) is 24.3 Å². The third-order valence-electron chi connectivity index (χ3n) is 3.53. The average Bonchev–Trinajstić information content (AvgIpc) is 2.48. The molecule has 1 fully saturated rings. The predicted molar refractivity (Wildman–Crippen MR) is 78.6 cm³/mol. The van der Waals surface area contributed by atoms with Crippen LogP contribution in [0.5, 0.6) is 0 Å². The first-order valence-electron chi connectivity index (χ1n) is 6.94. The molecule has 0 aromatic heterocycles. The maximum atomic E-state index is 12.6. The molecule has 1 aliphatic rings. The Morgan fingerprint density at radius 2 is 2.05 bits per heavy atom. The first-order valence-corrected chi connectivity index (χ1v) is 7.32. The molecule has 0 bridgehead atoms. The van der Waals surface area contributed by atoms with E-state index in [9.17, 15) is 9.59 Å². The molecule has 1 saturated heterocycles. The number of hydrogen-bond acceptors (Lipinski definition) is 3. The van der Waals surface area contributed by atoms with E-state index in [1.165, 1.54) is 0 Å². The molecule has 0 atom stereocenters. The van der Waals surface area contributed by atoms with E-state index in [1.807, 2.05) is 0 Å². The number of amides is 1. The van der Waals surface area contributed by atoms with E-state index in [0.717, 1.165) is 12.8 Å². The van der Waals surface area contributed by atoms with Crippen LogP contribution >= 0.6 is 11.6 Å². The highest BCUT2D eigenvalue weighted by molar-refractivity contribution is 6.30. The van der Waals surface area contributed by atoms with Crippen molar-refractivity contribution in [1.82, 2.24) is 4.90 Å². The third-order valence-corrected chi connectivity index (χ3v) is 3.77. The van der Waals surface area contributed by atoms with E-state index in [-0.39, 0.29) is 24.9 Å². The molecule has 0 radical (unpaired) electrons. The van der Waals surface area contributed by atoms with E-state index < -0.39 is 5.97 Å². The van der Waals surface area contributed by atoms with E-state index >= 15 is 0 Å². The van der Waals surface area contributed by atoms with E-state index in [0.29, 0.717) is 23.8 Å². The van der Waals surface area contributed by atoms with Crippen molar-refractivity contribution in [2.75, 3.05) is 19.8 Å². The molecule has 1 N–H and O–H groups in total. The number of benzene rings is 1. The number of carbonyl (C=O) groups excluding carboxylic acids is 1. The van der Waals surface area contributed by atoms with Gasteiger partial charge in [-0.3, -0.25) is 9.59 Å². The summed E-state index contributed by atoms with van der Waals surface area (Å²) in [5, 5.41) is 9.37. The molecule has 0 unspecified atom stereocenters. The Bertz CT molecular complexity index is 514. The molecule has 0 aliphatic carbocycles. The summed E-state index contributed by atoms with van der Waals surface area (Å²) < 4.78 is 5.30. The van der Waals surface area contributed by atoms with Gasteiger partial charge in [0.05, 0.1) is 6.42 Å². The highest BCUT2D eigenvalue weighted by Gasteiger charge is 2.27. The molecule has 0 saturated carbocycles. The van der Waals surface area contributed by atoms with Crippen LogP contribution in [0.1, 0.15) is 29.6 Å². The quantitative estimate of drug-likeness (QED) is 0.907. The highest BCUT2D eigenvalue weighted by Crippen LogP contribution is 2.19. The van der Waals surface area contributed by atoms with E-state index in [4.69, 9.17) is 21.4 Å². The minimum Gasteiger partial charge on any atom is -0.481 e. The minimum atomic E-state index is -0.911. The topological polar surface area (TPSA) is 66.8 Å². The number of carbonyl (C=O) groups is 2. The zero-order valence-corrected chi connectivity index (χ0v) is 12.4. The summed E-state index contributed by atoms with van der Waals surface area (Å²) in [6.07, 6.45) is 1.39. The molecule has 1 aliphatic heterocycles. The van der Waals surface area contributed by atoms with Crippen molar-refractivity contribution in [3.8, 4) is 0 Å². The lowest BCUT2D eigenvalue weighted by Crippen LogP contribution is -2.44. The monoisotopic (exact) mass is 311 g/mol. The Kier molecular flexibility index (Phi) is 5.59. The average molecular weight is 312 g/mol. The molecule has 21 heavy (non-hydrogen) atoms. The molecule has 1 aromatic carbocycles. The number of carboxylic acids is 1. The summed E-state index contributed by atoms with van der Waals surface area (Å²) in [4.78, 5) is 25.1. The van der Waals surface area contributed by atoms with Crippen LogP contribution in [0, 0.1) is 0 Å². The van der Waals surface area contributed by atoms with Crippen LogP contribution in [0.3, 0.4) is 0 Å². The number of rotatable bonds is 5. The van der Waals surface area contributed by atoms with Crippen molar-refractivity contribution in [1.29, 1.82) is 0 Å². The van der Waals surface area contributed by atoms with Gasteiger partial charge in [-0.2, -0.15) is 0 Å². The Morgan fingerprint density at radius 1 is 1.33 bits per heavy atom. The Balaban J connectivity index is 2.16. The van der Waals surface area contributed by atoms with Crippen molar-refractivity contribution in [3.63, 3.8) is 0 Å². The number of hydrogen-bond donors (Lipinski definition) is 1. The van der Waals surface area contributed by atoms with Crippen LogP contribution in [-0.2, 0) is 9.53 Å². The smallest absolute Gasteiger partial charge is 0.305 e. The second-order valence-electron chi connectivity index (χ2n) is 5.00. The standard InChI is InChI=1S/C15H18ClNO4/c16-12-3-1-2-11(10-12)15(20)17(7-4-14(18)19)13-5-8-21-9-6-13/h1-3,10,13H,4-9H2,(H,18,19). The zero-order valence-electron chi connectivity index (χ0n) is 11.6. The van der Waals surface area contributed by atoms with Gasteiger partial charge in [-0.15, -0.1) is 0 Å². The fourth-order valence-corrected chi connectivity index (χ4v) is 2.64. The number of aliphatic carboxylic acids is 1. The summed E-state index contributed by atoms with van der Waals surface area (Å²) in [6, 6.07) is 6.74. The maximum Gasteiger partial charge on any atom is 0.305 e. The van der Waals surface area contributed by atoms with Crippen LogP contribution in [-0.4, -0.2) is 47.7 Å². The molecule has 1 amide bonds. The Hall–Kier alpha value is -1.59. The summed E-state index contributed by atoms with van der Waals surface area (Å²) >= 11 is 5.92. The largest absolute Gasteiger partial charge is 0.481 e. The molecule has 1 heterocycles. The normalized spacial score (nSPS) is 15.7. The lowest BCUT2D eigenvalue weighted by molar-refractivity contribution is -0.137. The number of halogens is 1. The third kappa shape index (κ3) is 4.44. The van der Waals surface area contributed by atoms with Gasteiger partial charge in [-0.25, -0.2) is 0 Å². The van der Waals surface area contributed by atoms with Crippen LogP contribution in [0.25, 0.3) is 0 Å². The number of ether oxygens (including phenoxy) is 1. The van der Waals surface area contributed by atoms with Gasteiger partial charge >= 0.3 is 5.97 Å². The van der Waals surface area contributed by atoms with Gasteiger partial charge in [0, 0.05) is 36.4 Å². The van der Waals surface area contributed by atoms with E-state index in [1.54, 1.807) is 29.2 Å². The fraction of sp³-hybridized carbons (Fsp3) is 0.467. The van der Waals surface area contributed by atoms with Crippen molar-refractivity contribution in [2.45, 2.75) is 25.3 Å². The zero-order chi connectivity index (χ0) is 15.2. The summed E-state index contributed by atoms with van der Waals surface area (Å²) in [5.74, 6) is -1.09. The lowest BCUT2D eigenvalue weighted by atomic mass is 10.0. The maximum absolute atomic E-state index is 12.6. The van der Waals surface area contributed by atoms with Crippen molar-refractivity contribution < 1.29 is 19.4 Å². The highest BCUT2D eigenvalue weighted by atomic mass is 35.5. The summed E-state index contributed by atoms with van der Waals surface area (Å²) in [5.41, 5.74) is 0.486. The first-order chi connectivity index (χ1) is 10.1. The molecule has 1 aromatic rings. The van der Waals surface area contributed by atoms with Gasteiger partial charge in [0.15, 0.2) is 0 Å². The number of nitrogens with zero attached hydrogens (tertiary/aromatic N) is 1. The van der Waals surface area contributed by atoms with Gasteiger partial charge in [-0.1, -0.05) is 17.7 Å². The first kappa shape index (κ1) is 15.8. The molecule has 2 rings (SSSR count). The van der Waals surface area contributed by atoms with Crippen LogP contribution in [0.4, 0.5) is 0 Å². The molecular formula is C15H18ClNO4. The second-order valence-corrected chi connectivity index (χ2v) is 5.43. The Morgan fingerprint density at radius 3 is 2.67 bits per heavy atom. The molecule has 6 heteroatoms. The fourth-order valence-electron chi connectivity index (χ4n) is 2.45. The summed E-state index contributed by atoms with van der Waals surface area (Å²) in [6.45, 7) is 1.39. The Labute approximate surface area is 128 Å². The lowest BCUT2D eigenvalue weighted by Gasteiger charge is -2.34. The predicted octanol–water partition coefficient (Wildman–Crippen LogP) is 2.44. The van der Waals surface area contributed by atoms with Crippen LogP contribution in [0.2, 0.25) is 5.02 Å². The molecule has 114 valence electrons. The van der Waals surface area contributed by atoms with Gasteiger partial charge in [-0.05, 0) is 31.0 Å². The second kappa shape index (κ2) is 7.43. The molecular weight excluding hydrogens is 294 g/mol. The van der Waals surface area contributed by atoms with Crippen molar-refractivity contribution in [3.05, 3.63) is 34.9 Å².